The molecule has 5 rings (SSSR count). The van der Waals surface area contributed by atoms with Gasteiger partial charge in [0.25, 0.3) is 0 Å². The number of hydrogen-bond donors (Lipinski definition) is 3. The van der Waals surface area contributed by atoms with Gasteiger partial charge in [-0.05, 0) is 44.2 Å². The molecule has 2 fully saturated rings. The molecule has 1 saturated heterocycles. The lowest BCUT2D eigenvalue weighted by Gasteiger charge is -2.35. The first-order valence-corrected chi connectivity index (χ1v) is 13.1. The van der Waals surface area contributed by atoms with E-state index in [0.717, 1.165) is 0 Å². The summed E-state index contributed by atoms with van der Waals surface area (Å²) in [5, 5.41) is 16.1. The molecule has 1 saturated carbocycles. The Bertz CT molecular complexity index is 1390. The van der Waals surface area contributed by atoms with Gasteiger partial charge in [0.05, 0.1) is 46.2 Å². The second kappa shape index (κ2) is 10.5. The smallest absolute Gasteiger partial charge is 0.225 e. The minimum atomic E-state index is -1.17. The Balaban J connectivity index is 1.54. The van der Waals surface area contributed by atoms with Gasteiger partial charge in [-0.1, -0.05) is 30.1 Å². The number of amides is 1. The van der Waals surface area contributed by atoms with E-state index < -0.39 is 17.6 Å². The van der Waals surface area contributed by atoms with Gasteiger partial charge in [-0.3, -0.25) is 9.36 Å². The zero-order valence-electron chi connectivity index (χ0n) is 20.7. The van der Waals surface area contributed by atoms with Crippen molar-refractivity contribution < 1.29 is 13.9 Å². The van der Waals surface area contributed by atoms with Crippen molar-refractivity contribution in [3.8, 4) is 6.07 Å². The number of aromatic nitrogens is 4. The molecule has 2 aliphatic rings. The van der Waals surface area contributed by atoms with Gasteiger partial charge in [0.1, 0.15) is 11.7 Å². The third-order valence-electron chi connectivity index (χ3n) is 7.46. The quantitative estimate of drug-likeness (QED) is 0.386. The maximum absolute atomic E-state index is 14.4. The van der Waals surface area contributed by atoms with Crippen LogP contribution in [0.3, 0.4) is 0 Å². The highest BCUT2D eigenvalue weighted by molar-refractivity contribution is 6.39. The number of nitrogens with one attached hydrogen (secondary N) is 2. The molecular weight excluding hydrogens is 534 g/mol. The first kappa shape index (κ1) is 26.4. The molecule has 2 atom stereocenters. The Hall–Kier alpha value is -3.20. The lowest BCUT2D eigenvalue weighted by molar-refractivity contribution is -0.128. The molecule has 1 aliphatic heterocycles. The van der Waals surface area contributed by atoms with Crippen LogP contribution in [0.15, 0.2) is 18.3 Å². The third-order valence-corrected chi connectivity index (χ3v) is 8.06. The normalized spacial score (nSPS) is 25.6. The van der Waals surface area contributed by atoms with E-state index >= 15 is 0 Å². The Kier molecular flexibility index (Phi) is 7.31. The van der Waals surface area contributed by atoms with Crippen molar-refractivity contribution in [1.82, 2.24) is 19.5 Å². The summed E-state index contributed by atoms with van der Waals surface area (Å²) in [6, 6.07) is 4.54. The number of imidazole rings is 1. The summed E-state index contributed by atoms with van der Waals surface area (Å²) in [7, 11) is 0. The number of halogens is 3. The van der Waals surface area contributed by atoms with Crippen LogP contribution in [0.1, 0.15) is 50.6 Å². The van der Waals surface area contributed by atoms with Crippen molar-refractivity contribution in [2.45, 2.75) is 57.3 Å². The predicted octanol–water partition coefficient (Wildman–Crippen LogP) is 4.89. The number of carbonyl (C=O) groups excluding carboxylic acids is 1. The van der Waals surface area contributed by atoms with Gasteiger partial charge in [0, 0.05) is 18.1 Å². The van der Waals surface area contributed by atoms with Gasteiger partial charge < -0.3 is 21.1 Å². The van der Waals surface area contributed by atoms with E-state index in [9.17, 15) is 14.4 Å². The summed E-state index contributed by atoms with van der Waals surface area (Å²) in [5.74, 6) is 0.404. The topological polar surface area (TPSA) is 144 Å². The molecule has 10 nitrogen and oxygen atoms in total. The van der Waals surface area contributed by atoms with Crippen LogP contribution in [0.5, 0.6) is 0 Å². The van der Waals surface area contributed by atoms with E-state index in [1.165, 1.54) is 12.1 Å². The van der Waals surface area contributed by atoms with E-state index in [2.05, 4.69) is 15.6 Å². The molecule has 200 valence electrons. The molecule has 0 unspecified atom stereocenters. The van der Waals surface area contributed by atoms with Crippen LogP contribution < -0.4 is 16.4 Å². The van der Waals surface area contributed by atoms with Crippen molar-refractivity contribution in [2.75, 3.05) is 23.8 Å². The van der Waals surface area contributed by atoms with Gasteiger partial charge in [-0.25, -0.2) is 14.4 Å². The summed E-state index contributed by atoms with van der Waals surface area (Å²) in [4.78, 5) is 25.8. The largest absolute Gasteiger partial charge is 0.378 e. The second-order valence-electron chi connectivity index (χ2n) is 10.0. The number of nitrogens with two attached hydrogens (primary N) is 1. The maximum atomic E-state index is 14.4. The zero-order chi connectivity index (χ0) is 27.0. The first-order valence-electron chi connectivity index (χ1n) is 12.4. The Labute approximate surface area is 228 Å². The van der Waals surface area contributed by atoms with Gasteiger partial charge in [0.15, 0.2) is 5.65 Å². The monoisotopic (exact) mass is 560 g/mol. The fourth-order valence-corrected chi connectivity index (χ4v) is 5.62. The molecule has 1 amide bonds. The number of nitriles is 1. The van der Waals surface area contributed by atoms with Crippen molar-refractivity contribution >= 4 is 57.9 Å². The second-order valence-corrected chi connectivity index (χ2v) is 10.9. The number of anilines is 3. The van der Waals surface area contributed by atoms with Crippen molar-refractivity contribution in [3.63, 3.8) is 0 Å². The minimum absolute atomic E-state index is 0.0265. The van der Waals surface area contributed by atoms with Crippen molar-refractivity contribution in [2.24, 2.45) is 11.1 Å². The van der Waals surface area contributed by atoms with Crippen molar-refractivity contribution in [3.05, 3.63) is 33.9 Å². The number of carbonyl (C=O) groups is 1. The molecule has 2 aromatic heterocycles. The van der Waals surface area contributed by atoms with Crippen LogP contribution in [-0.2, 0) is 9.53 Å². The molecule has 0 radical (unpaired) electrons. The number of fused-ring (bicyclic) bond motifs is 1. The summed E-state index contributed by atoms with van der Waals surface area (Å²) < 4.78 is 21.5. The molecule has 1 aliphatic carbocycles. The van der Waals surface area contributed by atoms with Gasteiger partial charge in [0.2, 0.25) is 17.8 Å². The third kappa shape index (κ3) is 5.08. The fraction of sp³-hybridized carbons (Fsp3) is 0.480. The van der Waals surface area contributed by atoms with E-state index in [0.29, 0.717) is 67.1 Å². The molecule has 4 N–H and O–H groups in total. The number of nitrogens with zero attached hydrogens (tertiary/aromatic N) is 5. The molecule has 38 heavy (non-hydrogen) atoms. The minimum Gasteiger partial charge on any atom is -0.378 e. The molecular formula is C25H27Cl2FN8O2. The highest BCUT2D eigenvalue weighted by Crippen LogP contribution is 2.43. The highest BCUT2D eigenvalue weighted by Gasteiger charge is 2.38. The number of alkyl halides is 1. The average molecular weight is 561 g/mol. The van der Waals surface area contributed by atoms with Crippen LogP contribution in [0.2, 0.25) is 10.0 Å². The zero-order valence-corrected chi connectivity index (χ0v) is 22.2. The number of ether oxygens (including phenoxy) is 1. The SMILES string of the molecule is C[C@]1(C(N)=O)CC[C@H](n2c(Nc3c(Cl)cc(C#N)cc3Cl)nc3cnc(N[C@@H]4CCOC[C@H]4F)nc32)CC1. The maximum Gasteiger partial charge on any atom is 0.225 e. The summed E-state index contributed by atoms with van der Waals surface area (Å²) in [6.07, 6.45) is 3.44. The van der Waals surface area contributed by atoms with Crippen LogP contribution >= 0.6 is 23.2 Å². The van der Waals surface area contributed by atoms with Gasteiger partial charge in [-0.15, -0.1) is 0 Å². The van der Waals surface area contributed by atoms with E-state index in [1.807, 2.05) is 17.6 Å². The standard InChI is InChI=1S/C25H27Cl2FN8O2/c1-25(22(30)37)5-2-14(3-6-25)36-21-19(11-31-23(35-21)32-18-4-7-38-12-17(18)28)33-24(36)34-20-15(26)8-13(10-29)9-16(20)27/h8-9,11,14,17-18H,2-7,12H2,1H3,(H2,30,37)(H,33,34)(H,31,32,35)/t14-,17-,18-,25-/m1/s1. The highest BCUT2D eigenvalue weighted by atomic mass is 35.5. The van der Waals surface area contributed by atoms with Crippen LogP contribution in [0.25, 0.3) is 11.2 Å². The molecule has 1 aromatic carbocycles. The molecule has 13 heteroatoms. The molecule has 3 aromatic rings. The number of primary amides is 1. The van der Waals surface area contributed by atoms with Crippen molar-refractivity contribution in [1.29, 1.82) is 5.26 Å². The Morgan fingerprint density at radius 1 is 1.26 bits per heavy atom. The van der Waals surface area contributed by atoms with E-state index in [-0.39, 0.29) is 34.5 Å². The molecule has 3 heterocycles. The summed E-state index contributed by atoms with van der Waals surface area (Å²) >= 11 is 12.9. The lowest BCUT2D eigenvalue weighted by atomic mass is 9.73. The molecule has 0 spiro atoms. The van der Waals surface area contributed by atoms with E-state index in [1.54, 1.807) is 6.20 Å². The number of benzene rings is 1. The van der Waals surface area contributed by atoms with Gasteiger partial charge in [-0.2, -0.15) is 10.2 Å². The molecule has 0 bridgehead atoms. The van der Waals surface area contributed by atoms with Crippen LogP contribution in [0.4, 0.5) is 22.0 Å². The Morgan fingerprint density at radius 2 is 1.97 bits per heavy atom. The van der Waals surface area contributed by atoms with Gasteiger partial charge >= 0.3 is 0 Å². The number of rotatable bonds is 6. The number of hydrogen-bond acceptors (Lipinski definition) is 8. The lowest BCUT2D eigenvalue weighted by Crippen LogP contribution is -2.39. The summed E-state index contributed by atoms with van der Waals surface area (Å²) in [5.41, 5.74) is 6.88. The Morgan fingerprint density at radius 3 is 2.61 bits per heavy atom. The first-order chi connectivity index (χ1) is 18.2. The summed E-state index contributed by atoms with van der Waals surface area (Å²) in [6.45, 7) is 2.37. The van der Waals surface area contributed by atoms with Crippen LogP contribution in [-0.4, -0.2) is 50.9 Å². The fourth-order valence-electron chi connectivity index (χ4n) is 5.04. The predicted molar refractivity (Wildman–Crippen MR) is 142 cm³/mol. The average Bonchev–Trinajstić information content (AvgIpc) is 3.25. The van der Waals surface area contributed by atoms with Crippen LogP contribution in [0, 0.1) is 16.7 Å². The van der Waals surface area contributed by atoms with E-state index in [4.69, 9.17) is 43.6 Å².